The zero-order valence-electron chi connectivity index (χ0n) is 18.6. The van der Waals surface area contributed by atoms with Gasteiger partial charge in [0, 0.05) is 18.7 Å². The average molecular weight is 471 g/mol. The molecule has 4 rings (SSSR count). The van der Waals surface area contributed by atoms with Crippen LogP contribution in [0.2, 0.25) is 0 Å². The molecule has 3 aromatic rings. The van der Waals surface area contributed by atoms with Gasteiger partial charge in [-0.25, -0.2) is 8.42 Å². The highest BCUT2D eigenvalue weighted by Crippen LogP contribution is 2.29. The summed E-state index contributed by atoms with van der Waals surface area (Å²) < 4.78 is 39.3. The Morgan fingerprint density at radius 1 is 1.09 bits per heavy atom. The second-order valence-electron chi connectivity index (χ2n) is 7.92. The summed E-state index contributed by atoms with van der Waals surface area (Å²) in [5.74, 6) is 0.170. The number of hydrogen-bond donors (Lipinski definition) is 1. The molecule has 2 heterocycles. The Kier molecular flexibility index (Phi) is 6.64. The highest BCUT2D eigenvalue weighted by Gasteiger charge is 2.25. The molecular formula is C23H26N4O5S. The zero-order valence-corrected chi connectivity index (χ0v) is 19.4. The van der Waals surface area contributed by atoms with Gasteiger partial charge in [0.15, 0.2) is 0 Å². The predicted molar refractivity (Wildman–Crippen MR) is 123 cm³/mol. The number of aryl methyl sites for hydroxylation is 1. The van der Waals surface area contributed by atoms with Crippen LogP contribution >= 0.6 is 0 Å². The van der Waals surface area contributed by atoms with E-state index in [1.54, 1.807) is 48.2 Å². The third kappa shape index (κ3) is 5.00. The van der Waals surface area contributed by atoms with Gasteiger partial charge in [0.1, 0.15) is 5.75 Å². The van der Waals surface area contributed by atoms with Crippen molar-refractivity contribution < 1.29 is 22.5 Å². The summed E-state index contributed by atoms with van der Waals surface area (Å²) in [7, 11) is -2.46. The summed E-state index contributed by atoms with van der Waals surface area (Å²) in [6.45, 7) is 3.03. The van der Waals surface area contributed by atoms with Crippen molar-refractivity contribution in [2.45, 2.75) is 37.5 Å². The van der Waals surface area contributed by atoms with Gasteiger partial charge in [0.2, 0.25) is 5.82 Å². The quantitative estimate of drug-likeness (QED) is 0.581. The number of ether oxygens (including phenoxy) is 1. The van der Waals surface area contributed by atoms with E-state index in [4.69, 9.17) is 9.26 Å². The lowest BCUT2D eigenvalue weighted by molar-refractivity contribution is 0.0711. The Morgan fingerprint density at radius 3 is 2.55 bits per heavy atom. The Morgan fingerprint density at radius 2 is 1.82 bits per heavy atom. The van der Waals surface area contributed by atoms with E-state index in [9.17, 15) is 13.2 Å². The van der Waals surface area contributed by atoms with Crippen molar-refractivity contribution in [3.05, 3.63) is 53.9 Å². The van der Waals surface area contributed by atoms with Crippen LogP contribution in [0, 0.1) is 6.92 Å². The Labute approximate surface area is 192 Å². The fourth-order valence-corrected chi connectivity index (χ4v) is 5.14. The van der Waals surface area contributed by atoms with E-state index in [1.807, 2.05) is 0 Å². The number of carbonyl (C=O) groups excluding carboxylic acids is 1. The minimum atomic E-state index is -3.93. The molecule has 1 aromatic heterocycles. The molecule has 0 saturated carbocycles. The number of likely N-dealkylation sites (tertiary alicyclic amines) is 1. The minimum Gasteiger partial charge on any atom is -0.495 e. The standard InChI is InChI=1S/C23H26N4O5S/c1-16-11-12-17(15-20(16)33(29,30)26-18-9-5-6-10-19(18)31-2)21-24-22(32-25-21)23(28)27-13-7-3-4-8-14-27/h5-6,9-12,15,26H,3-4,7-8,13-14H2,1-2H3. The molecule has 1 N–H and O–H groups in total. The second kappa shape index (κ2) is 9.62. The lowest BCUT2D eigenvalue weighted by atomic mass is 10.1. The predicted octanol–water partition coefficient (Wildman–Crippen LogP) is 3.87. The van der Waals surface area contributed by atoms with Crippen molar-refractivity contribution in [2.75, 3.05) is 24.9 Å². The number of sulfonamides is 1. The van der Waals surface area contributed by atoms with Gasteiger partial charge in [-0.1, -0.05) is 42.3 Å². The van der Waals surface area contributed by atoms with Gasteiger partial charge in [0.05, 0.1) is 17.7 Å². The van der Waals surface area contributed by atoms with Gasteiger partial charge < -0.3 is 14.2 Å². The first-order chi connectivity index (χ1) is 15.9. The molecule has 0 atom stereocenters. The molecular weight excluding hydrogens is 444 g/mol. The number of hydrogen-bond acceptors (Lipinski definition) is 7. The molecule has 2 aromatic carbocycles. The maximum Gasteiger partial charge on any atom is 0.316 e. The molecule has 174 valence electrons. The maximum atomic E-state index is 13.1. The first-order valence-electron chi connectivity index (χ1n) is 10.8. The van der Waals surface area contributed by atoms with E-state index in [0.717, 1.165) is 25.7 Å². The number of anilines is 1. The number of nitrogens with one attached hydrogen (secondary N) is 1. The molecule has 0 bridgehead atoms. The van der Waals surface area contributed by atoms with Crippen LogP contribution in [0.15, 0.2) is 51.9 Å². The molecule has 9 nitrogen and oxygen atoms in total. The number of carbonyl (C=O) groups is 1. The second-order valence-corrected chi connectivity index (χ2v) is 9.57. The van der Waals surface area contributed by atoms with E-state index in [0.29, 0.717) is 35.7 Å². The SMILES string of the molecule is COc1ccccc1NS(=O)(=O)c1cc(-c2noc(C(=O)N3CCCCCC3)n2)ccc1C. The number of rotatable bonds is 6. The summed E-state index contributed by atoms with van der Waals surface area (Å²) in [5.41, 5.74) is 1.31. The van der Waals surface area contributed by atoms with Crippen molar-refractivity contribution in [1.29, 1.82) is 0 Å². The van der Waals surface area contributed by atoms with Crippen molar-refractivity contribution >= 4 is 21.6 Å². The average Bonchev–Trinajstić information content (AvgIpc) is 3.14. The molecule has 33 heavy (non-hydrogen) atoms. The van der Waals surface area contributed by atoms with Crippen LogP contribution in [-0.4, -0.2) is 49.6 Å². The summed E-state index contributed by atoms with van der Waals surface area (Å²) in [4.78, 5) is 18.8. The monoisotopic (exact) mass is 470 g/mol. The van der Waals surface area contributed by atoms with E-state index in [-0.39, 0.29) is 22.5 Å². The van der Waals surface area contributed by atoms with E-state index < -0.39 is 10.0 Å². The topological polar surface area (TPSA) is 115 Å². The van der Waals surface area contributed by atoms with Crippen molar-refractivity contribution in [3.63, 3.8) is 0 Å². The highest BCUT2D eigenvalue weighted by molar-refractivity contribution is 7.92. The Balaban J connectivity index is 1.60. The third-order valence-corrected chi connectivity index (χ3v) is 7.10. The van der Waals surface area contributed by atoms with Gasteiger partial charge in [-0.2, -0.15) is 4.98 Å². The zero-order chi connectivity index (χ0) is 23.4. The van der Waals surface area contributed by atoms with E-state index in [1.165, 1.54) is 13.2 Å². The van der Waals surface area contributed by atoms with Crippen LogP contribution < -0.4 is 9.46 Å². The van der Waals surface area contributed by atoms with Crippen LogP contribution in [0.25, 0.3) is 11.4 Å². The number of methoxy groups -OCH3 is 1. The lowest BCUT2D eigenvalue weighted by Gasteiger charge is -2.17. The number of benzene rings is 2. The van der Waals surface area contributed by atoms with Crippen molar-refractivity contribution in [2.24, 2.45) is 0 Å². The Hall–Kier alpha value is -3.40. The number of amides is 1. The first kappa shape index (κ1) is 22.8. The Bertz CT molecular complexity index is 1250. The van der Waals surface area contributed by atoms with Gasteiger partial charge in [-0.15, -0.1) is 0 Å². The molecule has 0 spiro atoms. The van der Waals surface area contributed by atoms with Crippen LogP contribution in [0.1, 0.15) is 41.9 Å². The molecule has 1 fully saturated rings. The summed E-state index contributed by atoms with van der Waals surface area (Å²) in [6, 6.07) is 11.6. The van der Waals surface area contributed by atoms with Crippen LogP contribution in [0.3, 0.4) is 0 Å². The third-order valence-electron chi connectivity index (χ3n) is 5.59. The fourth-order valence-electron chi connectivity index (χ4n) is 3.79. The number of aromatic nitrogens is 2. The number of para-hydroxylation sites is 2. The molecule has 0 aliphatic carbocycles. The van der Waals surface area contributed by atoms with Gasteiger partial charge in [-0.05, 0) is 43.5 Å². The molecule has 1 aliphatic rings. The number of nitrogens with zero attached hydrogens (tertiary/aromatic N) is 3. The van der Waals surface area contributed by atoms with Crippen LogP contribution in [0.4, 0.5) is 5.69 Å². The first-order valence-corrected chi connectivity index (χ1v) is 12.3. The van der Waals surface area contributed by atoms with Gasteiger partial charge >= 0.3 is 11.8 Å². The van der Waals surface area contributed by atoms with E-state index in [2.05, 4.69) is 14.9 Å². The maximum absolute atomic E-state index is 13.1. The molecule has 1 amide bonds. The minimum absolute atomic E-state index is 0.0658. The summed E-state index contributed by atoms with van der Waals surface area (Å²) >= 11 is 0. The van der Waals surface area contributed by atoms with Gasteiger partial charge in [0.25, 0.3) is 10.0 Å². The molecule has 1 aliphatic heterocycles. The van der Waals surface area contributed by atoms with Gasteiger partial charge in [-0.3, -0.25) is 9.52 Å². The van der Waals surface area contributed by atoms with Crippen molar-refractivity contribution in [1.82, 2.24) is 15.0 Å². The summed E-state index contributed by atoms with van der Waals surface area (Å²) in [5, 5.41) is 3.92. The van der Waals surface area contributed by atoms with Crippen molar-refractivity contribution in [3.8, 4) is 17.1 Å². The van der Waals surface area contributed by atoms with Crippen LogP contribution in [-0.2, 0) is 10.0 Å². The normalized spacial score (nSPS) is 14.5. The highest BCUT2D eigenvalue weighted by atomic mass is 32.2. The fraction of sp³-hybridized carbons (Fsp3) is 0.348. The van der Waals surface area contributed by atoms with Crippen LogP contribution in [0.5, 0.6) is 5.75 Å². The molecule has 0 unspecified atom stereocenters. The lowest BCUT2D eigenvalue weighted by Crippen LogP contribution is -2.32. The largest absolute Gasteiger partial charge is 0.495 e. The summed E-state index contributed by atoms with van der Waals surface area (Å²) in [6.07, 6.45) is 4.10. The van der Waals surface area contributed by atoms with E-state index >= 15 is 0 Å². The smallest absolute Gasteiger partial charge is 0.316 e. The molecule has 0 radical (unpaired) electrons. The molecule has 10 heteroatoms. The molecule has 1 saturated heterocycles.